The molecule has 0 radical (unpaired) electrons. The largest absolute Gasteiger partial charge is 0.475 e. The fourth-order valence-corrected chi connectivity index (χ4v) is 4.20. The number of aliphatic hydroxyl groups excluding tert-OH is 2. The van der Waals surface area contributed by atoms with Gasteiger partial charge in [0.25, 0.3) is 0 Å². The number of aromatic nitrogens is 2. The summed E-state index contributed by atoms with van der Waals surface area (Å²) in [7, 11) is -1.90. The average molecular weight is 534 g/mol. The molecule has 0 saturated carbocycles. The van der Waals surface area contributed by atoms with Crippen molar-refractivity contribution in [2.45, 2.75) is 84.7 Å². The summed E-state index contributed by atoms with van der Waals surface area (Å²) in [5, 5.41) is 22.2. The Labute approximate surface area is 221 Å². The van der Waals surface area contributed by atoms with Crippen LogP contribution in [0.2, 0.25) is 18.1 Å². The molecule has 0 spiro atoms. The van der Waals surface area contributed by atoms with Crippen LogP contribution in [0.15, 0.2) is 24.4 Å². The van der Waals surface area contributed by atoms with Gasteiger partial charge in [0.05, 0.1) is 31.2 Å². The van der Waals surface area contributed by atoms with Crippen molar-refractivity contribution < 1.29 is 28.9 Å². The molecule has 10 heteroatoms. The zero-order valence-corrected chi connectivity index (χ0v) is 24.6. The third kappa shape index (κ3) is 9.69. The van der Waals surface area contributed by atoms with Gasteiger partial charge in [0.1, 0.15) is 12.2 Å². The van der Waals surface area contributed by atoms with E-state index >= 15 is 0 Å². The molecule has 0 aliphatic heterocycles. The van der Waals surface area contributed by atoms with Crippen LogP contribution in [0, 0.1) is 6.92 Å². The fraction of sp³-hybridized carbons (Fsp3) is 0.593. The predicted molar refractivity (Wildman–Crippen MR) is 148 cm³/mol. The van der Waals surface area contributed by atoms with Crippen molar-refractivity contribution in [2.75, 3.05) is 25.1 Å². The van der Waals surface area contributed by atoms with Crippen molar-refractivity contribution >= 4 is 20.1 Å². The summed E-state index contributed by atoms with van der Waals surface area (Å²) in [6.45, 7) is 18.6. The van der Waals surface area contributed by atoms with Crippen molar-refractivity contribution in [1.29, 1.82) is 0 Å². The predicted octanol–water partition coefficient (Wildman–Crippen LogP) is 5.10. The highest BCUT2D eigenvalue weighted by Gasteiger charge is 2.36. The zero-order chi connectivity index (χ0) is 28.0. The van der Waals surface area contributed by atoms with E-state index in [0.717, 1.165) is 16.8 Å². The van der Waals surface area contributed by atoms with E-state index in [0.29, 0.717) is 30.5 Å². The van der Waals surface area contributed by atoms with Crippen LogP contribution in [0.25, 0.3) is 11.1 Å². The molecule has 1 amide bonds. The lowest BCUT2D eigenvalue weighted by atomic mass is 10.0. The van der Waals surface area contributed by atoms with Crippen LogP contribution in [0.4, 0.5) is 10.5 Å². The lowest BCUT2D eigenvalue weighted by Gasteiger charge is -2.36. The van der Waals surface area contributed by atoms with Crippen molar-refractivity contribution in [2.24, 2.45) is 0 Å². The molecule has 2 heterocycles. The monoisotopic (exact) mass is 533 g/mol. The lowest BCUT2D eigenvalue weighted by Crippen LogP contribution is -2.41. The van der Waals surface area contributed by atoms with Crippen molar-refractivity contribution in [3.05, 3.63) is 35.8 Å². The summed E-state index contributed by atoms with van der Waals surface area (Å²) in [4.78, 5) is 21.2. The number of anilines is 1. The first-order valence-corrected chi connectivity index (χ1v) is 15.5. The summed E-state index contributed by atoms with van der Waals surface area (Å²) in [6, 6.07) is 5.42. The Hall–Kier alpha value is -2.53. The maximum Gasteiger partial charge on any atom is 0.412 e. The van der Waals surface area contributed by atoms with Gasteiger partial charge in [0.2, 0.25) is 5.88 Å². The van der Waals surface area contributed by atoms with E-state index in [9.17, 15) is 15.0 Å². The molecule has 37 heavy (non-hydrogen) atoms. The standard InChI is InChI=1S/C27H43N3O6Si/c1-18-23(15-21(16-28-18)30-25(33)36-26(2,3)4)19-12-20(14-22(32)17-31)29-24(13-19)34-10-11-35-37(8,9)27(5,6)7/h12-13,15-16,22,31-32H,10-11,14,17H2,1-9H3,(H,30,33). The first kappa shape index (κ1) is 30.7. The molecule has 206 valence electrons. The Bertz CT molecular complexity index is 1060. The minimum Gasteiger partial charge on any atom is -0.475 e. The summed E-state index contributed by atoms with van der Waals surface area (Å²) in [6.07, 6.45) is 0.202. The highest BCUT2D eigenvalue weighted by Crippen LogP contribution is 2.36. The quantitative estimate of drug-likeness (QED) is 0.285. The van der Waals surface area contributed by atoms with E-state index in [2.05, 4.69) is 49.1 Å². The van der Waals surface area contributed by atoms with E-state index in [1.54, 1.807) is 39.1 Å². The number of hydrogen-bond donors (Lipinski definition) is 3. The van der Waals surface area contributed by atoms with Crippen LogP contribution in [0.1, 0.15) is 52.9 Å². The van der Waals surface area contributed by atoms with Gasteiger partial charge in [-0.15, -0.1) is 0 Å². The summed E-state index contributed by atoms with van der Waals surface area (Å²) < 4.78 is 17.5. The molecule has 2 aromatic heterocycles. The van der Waals surface area contributed by atoms with E-state index in [1.165, 1.54) is 0 Å². The number of carbonyl (C=O) groups excluding carboxylic acids is 1. The smallest absolute Gasteiger partial charge is 0.412 e. The second kappa shape index (κ2) is 12.3. The van der Waals surface area contributed by atoms with Gasteiger partial charge in [-0.2, -0.15) is 0 Å². The number of hydrogen-bond acceptors (Lipinski definition) is 8. The average Bonchev–Trinajstić information content (AvgIpc) is 2.75. The Balaban J connectivity index is 2.30. The van der Waals surface area contributed by atoms with Crippen molar-refractivity contribution in [3.63, 3.8) is 0 Å². The SMILES string of the molecule is Cc1ncc(NC(=O)OC(C)(C)C)cc1-c1cc(CC(O)CO)nc(OCCO[Si](C)(C)C(C)(C)C)c1. The topological polar surface area (TPSA) is 123 Å². The lowest BCUT2D eigenvalue weighted by molar-refractivity contribution is 0.0636. The van der Waals surface area contributed by atoms with Crippen LogP contribution < -0.4 is 10.1 Å². The fourth-order valence-electron chi connectivity index (χ4n) is 3.17. The molecule has 3 N–H and O–H groups in total. The van der Waals surface area contributed by atoms with Gasteiger partial charge in [-0.05, 0) is 63.5 Å². The minimum atomic E-state index is -1.90. The molecular weight excluding hydrogens is 490 g/mol. The maximum atomic E-state index is 12.3. The van der Waals surface area contributed by atoms with Crippen molar-refractivity contribution in [3.8, 4) is 17.0 Å². The molecule has 9 nitrogen and oxygen atoms in total. The zero-order valence-electron chi connectivity index (χ0n) is 23.6. The van der Waals surface area contributed by atoms with Gasteiger partial charge in [0, 0.05) is 29.4 Å². The highest BCUT2D eigenvalue weighted by molar-refractivity contribution is 6.74. The number of nitrogens with one attached hydrogen (secondary N) is 1. The molecule has 1 unspecified atom stereocenters. The van der Waals surface area contributed by atoms with Gasteiger partial charge >= 0.3 is 6.09 Å². The second-order valence-electron chi connectivity index (χ2n) is 11.7. The first-order valence-electron chi connectivity index (χ1n) is 12.5. The van der Waals surface area contributed by atoms with Crippen molar-refractivity contribution in [1.82, 2.24) is 9.97 Å². The Morgan fingerprint density at radius 2 is 1.78 bits per heavy atom. The van der Waals surface area contributed by atoms with Crippen LogP contribution in [0.5, 0.6) is 5.88 Å². The van der Waals surface area contributed by atoms with Crippen LogP contribution in [-0.4, -0.2) is 66.1 Å². The van der Waals surface area contributed by atoms with E-state index in [4.69, 9.17) is 13.9 Å². The Morgan fingerprint density at radius 3 is 2.38 bits per heavy atom. The molecule has 0 bridgehead atoms. The third-order valence-electron chi connectivity index (χ3n) is 6.16. The third-order valence-corrected chi connectivity index (χ3v) is 10.7. The molecule has 2 aromatic rings. The number of aliphatic hydroxyl groups is 2. The number of pyridine rings is 2. The van der Waals surface area contributed by atoms with E-state index in [-0.39, 0.29) is 18.1 Å². The highest BCUT2D eigenvalue weighted by atomic mass is 28.4. The van der Waals surface area contributed by atoms with Crippen LogP contribution >= 0.6 is 0 Å². The number of rotatable bonds is 10. The number of ether oxygens (including phenoxy) is 2. The number of aryl methyl sites for hydroxylation is 1. The summed E-state index contributed by atoms with van der Waals surface area (Å²) in [5.41, 5.74) is 2.67. The van der Waals surface area contributed by atoms with Gasteiger partial charge in [-0.25, -0.2) is 9.78 Å². The second-order valence-corrected chi connectivity index (χ2v) is 16.5. The number of amides is 1. The Morgan fingerprint density at radius 1 is 1.11 bits per heavy atom. The molecule has 2 rings (SSSR count). The normalized spacial score (nSPS) is 13.3. The number of nitrogens with zero attached hydrogens (tertiary/aromatic N) is 2. The van der Waals surface area contributed by atoms with Gasteiger partial charge in [-0.1, -0.05) is 20.8 Å². The molecule has 0 fully saturated rings. The molecular formula is C27H43N3O6Si. The first-order chi connectivity index (χ1) is 17.0. The molecule has 0 aliphatic rings. The summed E-state index contributed by atoms with van der Waals surface area (Å²) >= 11 is 0. The van der Waals surface area contributed by atoms with Crippen LogP contribution in [-0.2, 0) is 15.6 Å². The summed E-state index contributed by atoms with van der Waals surface area (Å²) in [5.74, 6) is 0.376. The number of carbonyl (C=O) groups is 1. The van der Waals surface area contributed by atoms with Gasteiger partial charge in [0.15, 0.2) is 8.32 Å². The minimum absolute atomic E-state index is 0.0989. The van der Waals surface area contributed by atoms with Gasteiger partial charge < -0.3 is 24.1 Å². The van der Waals surface area contributed by atoms with Crippen LogP contribution in [0.3, 0.4) is 0 Å². The molecule has 0 saturated heterocycles. The van der Waals surface area contributed by atoms with E-state index < -0.39 is 26.1 Å². The molecule has 1 atom stereocenters. The molecule has 0 aromatic carbocycles. The molecule has 0 aliphatic carbocycles. The van der Waals surface area contributed by atoms with E-state index in [1.807, 2.05) is 13.0 Å². The maximum absolute atomic E-state index is 12.3. The van der Waals surface area contributed by atoms with Gasteiger partial charge in [-0.3, -0.25) is 10.3 Å². The Kier molecular flexibility index (Phi) is 10.2.